The summed E-state index contributed by atoms with van der Waals surface area (Å²) in [4.78, 5) is 4.09. The quantitative estimate of drug-likeness (QED) is 0.879. The normalized spacial score (nSPS) is 20.7. The predicted octanol–water partition coefficient (Wildman–Crippen LogP) is 2.65. The second-order valence-corrected chi connectivity index (χ2v) is 4.54. The Hall–Kier alpha value is -0.800. The molecule has 88 valence electrons. The lowest BCUT2D eigenvalue weighted by atomic mass is 10.0. The third-order valence-electron chi connectivity index (χ3n) is 2.83. The molecule has 0 aromatic carbocycles. The number of hydrogen-bond acceptors (Lipinski definition) is 3. The summed E-state index contributed by atoms with van der Waals surface area (Å²) in [6.07, 6.45) is 6.55. The van der Waals surface area contributed by atoms with E-state index in [4.69, 9.17) is 16.3 Å². The Morgan fingerprint density at radius 2 is 2.38 bits per heavy atom. The van der Waals surface area contributed by atoms with Crippen LogP contribution in [0.3, 0.4) is 0 Å². The molecule has 1 aliphatic heterocycles. The number of rotatable bonds is 4. The van der Waals surface area contributed by atoms with Crippen LogP contribution in [0.4, 0.5) is 0 Å². The van der Waals surface area contributed by atoms with Crippen LogP contribution in [0.25, 0.3) is 0 Å². The van der Waals surface area contributed by atoms with Crippen LogP contribution in [0, 0.1) is 0 Å². The summed E-state index contributed by atoms with van der Waals surface area (Å²) in [6.45, 7) is 1.86. The highest BCUT2D eigenvalue weighted by molar-refractivity contribution is 6.30. The smallest absolute Gasteiger partial charge is 0.213 e. The molecule has 2 rings (SSSR count). The van der Waals surface area contributed by atoms with Gasteiger partial charge in [-0.2, -0.15) is 0 Å². The summed E-state index contributed by atoms with van der Waals surface area (Å²) in [6, 6.07) is 4.21. The molecule has 1 fully saturated rings. The zero-order valence-electron chi connectivity index (χ0n) is 9.29. The molecule has 1 atom stereocenters. The first kappa shape index (κ1) is 11.7. The van der Waals surface area contributed by atoms with Gasteiger partial charge in [0.05, 0.1) is 11.6 Å². The van der Waals surface area contributed by atoms with E-state index in [0.717, 1.165) is 13.0 Å². The molecule has 1 N–H and O–H groups in total. The van der Waals surface area contributed by atoms with Crippen molar-refractivity contribution in [2.75, 3.05) is 13.2 Å². The van der Waals surface area contributed by atoms with Crippen molar-refractivity contribution in [3.63, 3.8) is 0 Å². The number of aromatic nitrogens is 1. The first-order chi connectivity index (χ1) is 7.84. The molecular formula is C12H17ClN2O. The lowest BCUT2D eigenvalue weighted by Crippen LogP contribution is -2.35. The zero-order valence-corrected chi connectivity index (χ0v) is 10.0. The average molecular weight is 241 g/mol. The van der Waals surface area contributed by atoms with Crippen molar-refractivity contribution in [1.82, 2.24) is 10.3 Å². The Labute approximate surface area is 101 Å². The number of pyridine rings is 1. The van der Waals surface area contributed by atoms with Crippen LogP contribution in [0.15, 0.2) is 18.3 Å². The van der Waals surface area contributed by atoms with Crippen molar-refractivity contribution >= 4 is 11.6 Å². The number of hydrogen-bond donors (Lipinski definition) is 1. The van der Waals surface area contributed by atoms with E-state index in [1.807, 2.05) is 0 Å². The fraction of sp³-hybridized carbons (Fsp3) is 0.583. The van der Waals surface area contributed by atoms with Gasteiger partial charge in [0.25, 0.3) is 0 Å². The van der Waals surface area contributed by atoms with E-state index in [1.165, 1.54) is 19.3 Å². The van der Waals surface area contributed by atoms with Gasteiger partial charge < -0.3 is 10.1 Å². The van der Waals surface area contributed by atoms with Crippen LogP contribution in [-0.2, 0) is 0 Å². The van der Waals surface area contributed by atoms with Gasteiger partial charge in [-0.25, -0.2) is 4.98 Å². The molecule has 16 heavy (non-hydrogen) atoms. The molecule has 0 radical (unpaired) electrons. The molecule has 1 saturated heterocycles. The lowest BCUT2D eigenvalue weighted by Gasteiger charge is -2.23. The Morgan fingerprint density at radius 1 is 1.44 bits per heavy atom. The summed E-state index contributed by atoms with van der Waals surface area (Å²) in [5, 5.41) is 4.13. The topological polar surface area (TPSA) is 34.1 Å². The first-order valence-electron chi connectivity index (χ1n) is 5.82. The van der Waals surface area contributed by atoms with Crippen molar-refractivity contribution in [3.05, 3.63) is 23.4 Å². The maximum atomic E-state index is 5.74. The number of nitrogens with one attached hydrogen (secondary N) is 1. The minimum absolute atomic E-state index is 0.612. The minimum Gasteiger partial charge on any atom is -0.478 e. The lowest BCUT2D eigenvalue weighted by molar-refractivity contribution is 0.260. The third-order valence-corrected chi connectivity index (χ3v) is 3.05. The van der Waals surface area contributed by atoms with Gasteiger partial charge in [-0.05, 0) is 31.9 Å². The molecule has 4 heteroatoms. The minimum atomic E-state index is 0.612. The Morgan fingerprint density at radius 3 is 3.06 bits per heavy atom. The maximum absolute atomic E-state index is 5.74. The van der Waals surface area contributed by atoms with E-state index in [0.29, 0.717) is 23.6 Å². The predicted molar refractivity (Wildman–Crippen MR) is 65.0 cm³/mol. The number of nitrogens with zero attached hydrogens (tertiary/aromatic N) is 1. The number of piperidine rings is 1. The zero-order chi connectivity index (χ0) is 11.2. The molecule has 1 aliphatic rings. The van der Waals surface area contributed by atoms with Gasteiger partial charge in [0.15, 0.2) is 0 Å². The van der Waals surface area contributed by atoms with Gasteiger partial charge in [0.2, 0.25) is 5.88 Å². The van der Waals surface area contributed by atoms with E-state index in [1.54, 1.807) is 18.3 Å². The highest BCUT2D eigenvalue weighted by atomic mass is 35.5. The third kappa shape index (κ3) is 3.65. The molecule has 0 amide bonds. The Balaban J connectivity index is 1.69. The molecule has 3 nitrogen and oxygen atoms in total. The van der Waals surface area contributed by atoms with Gasteiger partial charge >= 0.3 is 0 Å². The molecule has 0 aliphatic carbocycles. The molecular weight excluding hydrogens is 224 g/mol. The average Bonchev–Trinajstić information content (AvgIpc) is 2.33. The summed E-state index contributed by atoms with van der Waals surface area (Å²) >= 11 is 5.74. The van der Waals surface area contributed by atoms with E-state index >= 15 is 0 Å². The van der Waals surface area contributed by atoms with Crippen LogP contribution in [0.1, 0.15) is 25.7 Å². The van der Waals surface area contributed by atoms with Gasteiger partial charge in [-0.1, -0.05) is 18.0 Å². The molecule has 1 unspecified atom stereocenters. The standard InChI is InChI=1S/C12H17ClN2O/c13-10-4-5-12(15-9-10)16-8-6-11-3-1-2-7-14-11/h4-5,9,11,14H,1-3,6-8H2. The van der Waals surface area contributed by atoms with Crippen LogP contribution >= 0.6 is 11.6 Å². The van der Waals surface area contributed by atoms with Crippen molar-refractivity contribution in [2.24, 2.45) is 0 Å². The maximum Gasteiger partial charge on any atom is 0.213 e. The van der Waals surface area contributed by atoms with Gasteiger partial charge in [0.1, 0.15) is 0 Å². The van der Waals surface area contributed by atoms with Gasteiger partial charge in [0, 0.05) is 18.3 Å². The molecule has 1 aromatic heterocycles. The number of halogens is 1. The molecule has 1 aromatic rings. The molecule has 0 bridgehead atoms. The van der Waals surface area contributed by atoms with Crippen molar-refractivity contribution in [1.29, 1.82) is 0 Å². The second kappa shape index (κ2) is 6.06. The largest absolute Gasteiger partial charge is 0.478 e. The summed E-state index contributed by atoms with van der Waals surface area (Å²) in [5.74, 6) is 0.653. The molecule has 0 spiro atoms. The summed E-state index contributed by atoms with van der Waals surface area (Å²) < 4.78 is 5.55. The van der Waals surface area contributed by atoms with Crippen LogP contribution < -0.4 is 10.1 Å². The fourth-order valence-corrected chi connectivity index (χ4v) is 2.04. The number of ether oxygens (including phenoxy) is 1. The van der Waals surface area contributed by atoms with Gasteiger partial charge in [-0.15, -0.1) is 0 Å². The van der Waals surface area contributed by atoms with E-state index < -0.39 is 0 Å². The van der Waals surface area contributed by atoms with E-state index in [9.17, 15) is 0 Å². The van der Waals surface area contributed by atoms with Gasteiger partial charge in [-0.3, -0.25) is 0 Å². The second-order valence-electron chi connectivity index (χ2n) is 4.10. The highest BCUT2D eigenvalue weighted by Gasteiger charge is 2.11. The SMILES string of the molecule is Clc1ccc(OCCC2CCCCN2)nc1. The van der Waals surface area contributed by atoms with Crippen molar-refractivity contribution in [3.8, 4) is 5.88 Å². The van der Waals surface area contributed by atoms with Crippen molar-refractivity contribution < 1.29 is 4.74 Å². The van der Waals surface area contributed by atoms with E-state index in [2.05, 4.69) is 10.3 Å². The van der Waals surface area contributed by atoms with Crippen LogP contribution in [-0.4, -0.2) is 24.2 Å². The highest BCUT2D eigenvalue weighted by Crippen LogP contribution is 2.13. The van der Waals surface area contributed by atoms with E-state index in [-0.39, 0.29) is 0 Å². The Bertz CT molecular complexity index is 309. The van der Waals surface area contributed by atoms with Crippen LogP contribution in [0.5, 0.6) is 5.88 Å². The van der Waals surface area contributed by atoms with Crippen molar-refractivity contribution in [2.45, 2.75) is 31.7 Å². The summed E-state index contributed by atoms with van der Waals surface area (Å²) in [5.41, 5.74) is 0. The van der Waals surface area contributed by atoms with Crippen LogP contribution in [0.2, 0.25) is 5.02 Å². The summed E-state index contributed by atoms with van der Waals surface area (Å²) in [7, 11) is 0. The Kier molecular flexibility index (Phi) is 4.43. The first-order valence-corrected chi connectivity index (χ1v) is 6.20. The monoisotopic (exact) mass is 240 g/mol. The fourth-order valence-electron chi connectivity index (χ4n) is 1.92. The molecule has 2 heterocycles. The molecule has 0 saturated carbocycles.